The molecule has 7 heteroatoms. The highest BCUT2D eigenvalue weighted by Crippen LogP contribution is 2.09. The van der Waals surface area contributed by atoms with Crippen molar-refractivity contribution in [3.63, 3.8) is 0 Å². The van der Waals surface area contributed by atoms with Crippen LogP contribution in [0.25, 0.3) is 0 Å². The van der Waals surface area contributed by atoms with Crippen molar-refractivity contribution >= 4 is 18.0 Å². The lowest BCUT2D eigenvalue weighted by Gasteiger charge is -2.26. The standard InChI is InChI=1S/C20H30N2O5/c1-6-10-16(23)26-17(14(2)22-19(25)27-20(3,4)5)18(24)21-13-15-11-8-7-9-12-15/h7-9,11-12,14,17H,6,10,13H2,1-5H3,(H,21,24)(H,22,25)/t14-,17?/m0/s1. The summed E-state index contributed by atoms with van der Waals surface area (Å²) in [5.41, 5.74) is 0.241. The summed E-state index contributed by atoms with van der Waals surface area (Å²) in [6.45, 7) is 8.94. The van der Waals surface area contributed by atoms with Gasteiger partial charge in [-0.1, -0.05) is 37.3 Å². The lowest BCUT2D eigenvalue weighted by molar-refractivity contribution is -0.157. The van der Waals surface area contributed by atoms with Crippen LogP contribution in [0.15, 0.2) is 30.3 Å². The van der Waals surface area contributed by atoms with Crippen LogP contribution in [0.1, 0.15) is 53.0 Å². The van der Waals surface area contributed by atoms with Gasteiger partial charge in [-0.3, -0.25) is 9.59 Å². The highest BCUT2D eigenvalue weighted by molar-refractivity contribution is 5.85. The monoisotopic (exact) mass is 378 g/mol. The SMILES string of the molecule is CCCC(=O)OC(C(=O)NCc1ccccc1)[C@H](C)NC(=O)OC(C)(C)C. The predicted octanol–water partition coefficient (Wildman–Crippen LogP) is 2.93. The van der Waals surface area contributed by atoms with Gasteiger partial charge >= 0.3 is 12.1 Å². The van der Waals surface area contributed by atoms with Crippen LogP contribution in [0.3, 0.4) is 0 Å². The molecule has 2 atom stereocenters. The number of hydrogen-bond acceptors (Lipinski definition) is 5. The average molecular weight is 378 g/mol. The molecule has 0 saturated heterocycles. The van der Waals surface area contributed by atoms with E-state index in [1.165, 1.54) is 0 Å². The molecule has 7 nitrogen and oxygen atoms in total. The topological polar surface area (TPSA) is 93.7 Å². The van der Waals surface area contributed by atoms with E-state index in [1.807, 2.05) is 37.3 Å². The lowest BCUT2D eigenvalue weighted by atomic mass is 10.1. The molecular weight excluding hydrogens is 348 g/mol. The summed E-state index contributed by atoms with van der Waals surface area (Å²) in [4.78, 5) is 36.5. The van der Waals surface area contributed by atoms with E-state index < -0.39 is 35.7 Å². The maximum absolute atomic E-state index is 12.6. The molecule has 150 valence electrons. The Kier molecular flexibility index (Phi) is 8.78. The molecule has 1 unspecified atom stereocenters. The number of rotatable bonds is 8. The van der Waals surface area contributed by atoms with Gasteiger partial charge in [-0.25, -0.2) is 4.79 Å². The Labute approximate surface area is 160 Å². The normalized spacial score (nSPS) is 13.2. The van der Waals surface area contributed by atoms with Gasteiger partial charge in [0.05, 0.1) is 6.04 Å². The number of carbonyl (C=O) groups excluding carboxylic acids is 3. The van der Waals surface area contributed by atoms with Crippen LogP contribution in [0.2, 0.25) is 0 Å². The molecular formula is C20H30N2O5. The number of hydrogen-bond donors (Lipinski definition) is 2. The van der Waals surface area contributed by atoms with E-state index in [2.05, 4.69) is 10.6 Å². The summed E-state index contributed by atoms with van der Waals surface area (Å²) in [5.74, 6) is -0.970. The van der Waals surface area contributed by atoms with Gasteiger partial charge in [-0.15, -0.1) is 0 Å². The highest BCUT2D eigenvalue weighted by atomic mass is 16.6. The largest absolute Gasteiger partial charge is 0.450 e. The van der Waals surface area contributed by atoms with Gasteiger partial charge in [0.2, 0.25) is 0 Å². The predicted molar refractivity (Wildman–Crippen MR) is 102 cm³/mol. The second-order valence-electron chi connectivity index (χ2n) is 7.30. The van der Waals surface area contributed by atoms with E-state index in [-0.39, 0.29) is 6.42 Å². The van der Waals surface area contributed by atoms with Crippen molar-refractivity contribution in [3.8, 4) is 0 Å². The van der Waals surface area contributed by atoms with Crippen molar-refractivity contribution in [2.75, 3.05) is 0 Å². The molecule has 1 aromatic carbocycles. The number of nitrogens with one attached hydrogen (secondary N) is 2. The van der Waals surface area contributed by atoms with Gasteiger partial charge < -0.3 is 20.1 Å². The average Bonchev–Trinajstić information content (AvgIpc) is 2.57. The second-order valence-corrected chi connectivity index (χ2v) is 7.30. The second kappa shape index (κ2) is 10.5. The van der Waals surface area contributed by atoms with Crippen LogP contribution >= 0.6 is 0 Å². The molecule has 1 aromatic rings. The quantitative estimate of drug-likeness (QED) is 0.679. The first-order valence-electron chi connectivity index (χ1n) is 9.13. The van der Waals surface area contributed by atoms with Crippen LogP contribution in [0.5, 0.6) is 0 Å². The Balaban J connectivity index is 2.76. The minimum atomic E-state index is -1.15. The molecule has 0 aliphatic carbocycles. The fourth-order valence-corrected chi connectivity index (χ4v) is 2.24. The van der Waals surface area contributed by atoms with E-state index in [9.17, 15) is 14.4 Å². The summed E-state index contributed by atoms with van der Waals surface area (Å²) >= 11 is 0. The Morgan fingerprint density at radius 1 is 1.11 bits per heavy atom. The van der Waals surface area contributed by atoms with E-state index in [0.717, 1.165) is 5.56 Å². The van der Waals surface area contributed by atoms with Crippen molar-refractivity contribution in [3.05, 3.63) is 35.9 Å². The number of ether oxygens (including phenoxy) is 2. The first kappa shape index (κ1) is 22.5. The molecule has 0 saturated carbocycles. The fourth-order valence-electron chi connectivity index (χ4n) is 2.24. The van der Waals surface area contributed by atoms with Crippen LogP contribution in [0, 0.1) is 0 Å². The van der Waals surface area contributed by atoms with Crippen molar-refractivity contribution < 1.29 is 23.9 Å². The Bertz CT molecular complexity index is 625. The Hall–Kier alpha value is -2.57. The van der Waals surface area contributed by atoms with Gasteiger partial charge in [-0.05, 0) is 39.7 Å². The van der Waals surface area contributed by atoms with Crippen LogP contribution < -0.4 is 10.6 Å². The zero-order valence-corrected chi connectivity index (χ0v) is 16.7. The minimum absolute atomic E-state index is 0.196. The first-order chi connectivity index (χ1) is 12.6. The maximum Gasteiger partial charge on any atom is 0.408 e. The number of amides is 2. The molecule has 0 aliphatic rings. The molecule has 1 rings (SSSR count). The molecule has 2 amide bonds. The fraction of sp³-hybridized carbons (Fsp3) is 0.550. The highest BCUT2D eigenvalue weighted by Gasteiger charge is 2.31. The van der Waals surface area contributed by atoms with E-state index in [4.69, 9.17) is 9.47 Å². The lowest BCUT2D eigenvalue weighted by Crippen LogP contribution is -2.51. The van der Waals surface area contributed by atoms with Crippen molar-refractivity contribution in [2.24, 2.45) is 0 Å². The number of esters is 1. The van der Waals surface area contributed by atoms with Crippen LogP contribution in [-0.2, 0) is 25.6 Å². The van der Waals surface area contributed by atoms with Crippen molar-refractivity contribution in [1.29, 1.82) is 0 Å². The van der Waals surface area contributed by atoms with Crippen LogP contribution in [0.4, 0.5) is 4.79 Å². The zero-order chi connectivity index (χ0) is 20.4. The molecule has 0 radical (unpaired) electrons. The Morgan fingerprint density at radius 2 is 1.74 bits per heavy atom. The van der Waals surface area contributed by atoms with Gasteiger partial charge in [0, 0.05) is 13.0 Å². The number of carbonyl (C=O) groups is 3. The molecule has 0 heterocycles. The third kappa shape index (κ3) is 9.08. The molecule has 2 N–H and O–H groups in total. The molecule has 27 heavy (non-hydrogen) atoms. The first-order valence-corrected chi connectivity index (χ1v) is 9.13. The third-order valence-electron chi connectivity index (χ3n) is 3.48. The van der Waals surface area contributed by atoms with E-state index >= 15 is 0 Å². The van der Waals surface area contributed by atoms with Crippen LogP contribution in [-0.4, -0.2) is 35.7 Å². The minimum Gasteiger partial charge on any atom is -0.450 e. The molecule has 0 fully saturated rings. The number of benzene rings is 1. The van der Waals surface area contributed by atoms with Gasteiger partial charge in [0.25, 0.3) is 5.91 Å². The van der Waals surface area contributed by atoms with Crippen molar-refractivity contribution in [2.45, 2.75) is 71.8 Å². The maximum atomic E-state index is 12.6. The van der Waals surface area contributed by atoms with Gasteiger partial charge in [0.15, 0.2) is 6.10 Å². The summed E-state index contributed by atoms with van der Waals surface area (Å²) in [6, 6.07) is 8.62. The molecule has 0 aromatic heterocycles. The summed E-state index contributed by atoms with van der Waals surface area (Å²) in [6.07, 6.45) is -1.03. The van der Waals surface area contributed by atoms with Crippen molar-refractivity contribution in [1.82, 2.24) is 10.6 Å². The molecule has 0 aliphatic heterocycles. The Morgan fingerprint density at radius 3 is 2.30 bits per heavy atom. The van der Waals surface area contributed by atoms with Gasteiger partial charge in [-0.2, -0.15) is 0 Å². The van der Waals surface area contributed by atoms with E-state index in [1.54, 1.807) is 27.7 Å². The van der Waals surface area contributed by atoms with Gasteiger partial charge in [0.1, 0.15) is 5.60 Å². The smallest absolute Gasteiger partial charge is 0.408 e. The molecule has 0 spiro atoms. The molecule has 0 bridgehead atoms. The number of alkyl carbamates (subject to hydrolysis) is 1. The summed E-state index contributed by atoms with van der Waals surface area (Å²) in [5, 5.41) is 5.30. The summed E-state index contributed by atoms with van der Waals surface area (Å²) in [7, 11) is 0. The summed E-state index contributed by atoms with van der Waals surface area (Å²) < 4.78 is 10.5. The third-order valence-corrected chi connectivity index (χ3v) is 3.48. The van der Waals surface area contributed by atoms with E-state index in [0.29, 0.717) is 13.0 Å². The zero-order valence-electron chi connectivity index (χ0n) is 16.7.